The fourth-order valence-corrected chi connectivity index (χ4v) is 3.40. The Labute approximate surface area is 107 Å². The Morgan fingerprint density at radius 1 is 1.41 bits per heavy atom. The molecule has 1 amide bonds. The standard InChI is InChI=1S/C12H20N2O2S/c13-10(17)12(5-1-2-6-12)11(16)14-7-3-4-9(14)8-15/h9,15H,1-8H2,(H2,13,17). The van der Waals surface area contributed by atoms with Gasteiger partial charge in [0.15, 0.2) is 0 Å². The van der Waals surface area contributed by atoms with Gasteiger partial charge >= 0.3 is 0 Å². The lowest BCUT2D eigenvalue weighted by Gasteiger charge is -2.34. The minimum absolute atomic E-state index is 0.0330. The average Bonchev–Trinajstić information content (AvgIpc) is 2.97. The first-order valence-corrected chi connectivity index (χ1v) is 6.74. The SMILES string of the molecule is NC(=S)C1(C(=O)N2CCCC2CO)CCCC1. The van der Waals surface area contributed by atoms with E-state index in [1.807, 2.05) is 0 Å². The maximum Gasteiger partial charge on any atom is 0.235 e. The molecular weight excluding hydrogens is 236 g/mol. The number of thiocarbonyl (C=S) groups is 1. The molecule has 1 heterocycles. The molecule has 2 rings (SSSR count). The Hall–Kier alpha value is -0.680. The summed E-state index contributed by atoms with van der Waals surface area (Å²) in [5.41, 5.74) is 5.19. The van der Waals surface area contributed by atoms with Crippen LogP contribution < -0.4 is 5.73 Å². The molecule has 0 radical (unpaired) electrons. The molecule has 2 fully saturated rings. The molecular formula is C12H20N2O2S. The van der Waals surface area contributed by atoms with Crippen LogP contribution in [0.25, 0.3) is 0 Å². The molecule has 1 unspecified atom stereocenters. The molecule has 0 aromatic rings. The number of rotatable bonds is 3. The van der Waals surface area contributed by atoms with Gasteiger partial charge in [0.25, 0.3) is 0 Å². The van der Waals surface area contributed by atoms with Gasteiger partial charge in [0.1, 0.15) is 0 Å². The first kappa shape index (κ1) is 12.8. The van der Waals surface area contributed by atoms with Crippen LogP contribution in [-0.2, 0) is 4.79 Å². The number of aliphatic hydroxyl groups is 1. The summed E-state index contributed by atoms with van der Waals surface area (Å²) in [6, 6.07) is -0.0330. The van der Waals surface area contributed by atoms with E-state index in [2.05, 4.69) is 0 Å². The van der Waals surface area contributed by atoms with E-state index in [0.29, 0.717) is 4.99 Å². The van der Waals surface area contributed by atoms with Crippen molar-refractivity contribution in [1.29, 1.82) is 0 Å². The summed E-state index contributed by atoms with van der Waals surface area (Å²) < 4.78 is 0. The Morgan fingerprint density at radius 2 is 2.06 bits per heavy atom. The Balaban J connectivity index is 2.20. The van der Waals surface area contributed by atoms with Crippen LogP contribution in [0.5, 0.6) is 0 Å². The number of nitrogens with zero attached hydrogens (tertiary/aromatic N) is 1. The highest BCUT2D eigenvalue weighted by atomic mass is 32.1. The fraction of sp³-hybridized carbons (Fsp3) is 0.833. The third kappa shape index (κ3) is 2.06. The van der Waals surface area contributed by atoms with Gasteiger partial charge in [0, 0.05) is 6.54 Å². The highest BCUT2D eigenvalue weighted by Gasteiger charge is 2.48. The smallest absolute Gasteiger partial charge is 0.235 e. The van der Waals surface area contributed by atoms with Gasteiger partial charge in [-0.15, -0.1) is 0 Å². The second kappa shape index (κ2) is 4.90. The molecule has 96 valence electrons. The van der Waals surface area contributed by atoms with Crippen molar-refractivity contribution < 1.29 is 9.90 Å². The lowest BCUT2D eigenvalue weighted by atomic mass is 9.84. The molecule has 4 nitrogen and oxygen atoms in total. The summed E-state index contributed by atoms with van der Waals surface area (Å²) in [6.07, 6.45) is 5.42. The number of likely N-dealkylation sites (tertiary alicyclic amines) is 1. The molecule has 0 aromatic carbocycles. The first-order chi connectivity index (χ1) is 8.12. The zero-order valence-electron chi connectivity index (χ0n) is 10.0. The van der Waals surface area contributed by atoms with Gasteiger partial charge in [0.05, 0.1) is 23.1 Å². The molecule has 1 aliphatic heterocycles. The van der Waals surface area contributed by atoms with Gasteiger partial charge in [-0.05, 0) is 25.7 Å². The maximum absolute atomic E-state index is 12.6. The van der Waals surface area contributed by atoms with E-state index < -0.39 is 5.41 Å². The summed E-state index contributed by atoms with van der Waals surface area (Å²) in [5.74, 6) is 0.0547. The van der Waals surface area contributed by atoms with E-state index in [1.54, 1.807) is 4.90 Å². The highest BCUT2D eigenvalue weighted by molar-refractivity contribution is 7.80. The van der Waals surface area contributed by atoms with Crippen molar-refractivity contribution in [3.63, 3.8) is 0 Å². The largest absolute Gasteiger partial charge is 0.394 e. The molecule has 0 aromatic heterocycles. The van der Waals surface area contributed by atoms with Gasteiger partial charge in [0.2, 0.25) is 5.91 Å². The van der Waals surface area contributed by atoms with Crippen molar-refractivity contribution in [2.45, 2.75) is 44.6 Å². The third-order valence-corrected chi connectivity index (χ3v) is 4.58. The van der Waals surface area contributed by atoms with Gasteiger partial charge in [-0.25, -0.2) is 0 Å². The van der Waals surface area contributed by atoms with Crippen molar-refractivity contribution in [2.24, 2.45) is 11.1 Å². The first-order valence-electron chi connectivity index (χ1n) is 6.33. The Kier molecular flexibility index (Phi) is 3.68. The second-order valence-electron chi connectivity index (χ2n) is 5.13. The van der Waals surface area contributed by atoms with Crippen LogP contribution in [0.15, 0.2) is 0 Å². The number of carbonyl (C=O) groups excluding carboxylic acids is 1. The van der Waals surface area contributed by atoms with Gasteiger partial charge in [-0.2, -0.15) is 0 Å². The van der Waals surface area contributed by atoms with Crippen LogP contribution in [0, 0.1) is 5.41 Å². The topological polar surface area (TPSA) is 66.6 Å². The van der Waals surface area contributed by atoms with E-state index >= 15 is 0 Å². The molecule has 5 heteroatoms. The molecule has 1 atom stereocenters. The predicted octanol–water partition coefficient (Wildman–Crippen LogP) is 0.816. The number of aliphatic hydroxyl groups excluding tert-OH is 1. The van der Waals surface area contributed by atoms with E-state index in [4.69, 9.17) is 18.0 Å². The summed E-state index contributed by atoms with van der Waals surface area (Å²) >= 11 is 5.12. The summed E-state index contributed by atoms with van der Waals surface area (Å²) in [7, 11) is 0. The molecule has 0 spiro atoms. The van der Waals surface area contributed by atoms with Crippen LogP contribution in [0.3, 0.4) is 0 Å². The normalized spacial score (nSPS) is 27.4. The molecule has 1 saturated carbocycles. The molecule has 1 saturated heterocycles. The number of hydrogen-bond acceptors (Lipinski definition) is 3. The number of hydrogen-bond donors (Lipinski definition) is 2. The van der Waals surface area contributed by atoms with Crippen molar-refractivity contribution in [2.75, 3.05) is 13.2 Å². The molecule has 1 aliphatic carbocycles. The number of nitrogens with two attached hydrogens (primary N) is 1. The van der Waals surface area contributed by atoms with Crippen LogP contribution in [0.1, 0.15) is 38.5 Å². The van der Waals surface area contributed by atoms with Crippen molar-refractivity contribution >= 4 is 23.1 Å². The summed E-state index contributed by atoms with van der Waals surface area (Å²) in [4.78, 5) is 14.8. The van der Waals surface area contributed by atoms with Crippen LogP contribution in [-0.4, -0.2) is 40.1 Å². The second-order valence-corrected chi connectivity index (χ2v) is 5.57. The monoisotopic (exact) mass is 256 g/mol. The minimum atomic E-state index is -0.618. The predicted molar refractivity (Wildman–Crippen MR) is 69.5 cm³/mol. The maximum atomic E-state index is 12.6. The quantitative estimate of drug-likeness (QED) is 0.734. The number of amides is 1. The molecule has 0 bridgehead atoms. The summed E-state index contributed by atoms with van der Waals surface area (Å²) in [5, 5.41) is 9.29. The Morgan fingerprint density at radius 3 is 2.59 bits per heavy atom. The van der Waals surface area contributed by atoms with Crippen LogP contribution in [0.4, 0.5) is 0 Å². The lowest BCUT2D eigenvalue weighted by molar-refractivity contribution is -0.139. The van der Waals surface area contributed by atoms with Crippen molar-refractivity contribution in [3.8, 4) is 0 Å². The minimum Gasteiger partial charge on any atom is -0.394 e. The van der Waals surface area contributed by atoms with Crippen molar-refractivity contribution in [1.82, 2.24) is 4.90 Å². The number of carbonyl (C=O) groups is 1. The van der Waals surface area contributed by atoms with Crippen LogP contribution >= 0.6 is 12.2 Å². The van der Waals surface area contributed by atoms with E-state index in [1.165, 1.54) is 0 Å². The van der Waals surface area contributed by atoms with E-state index in [9.17, 15) is 9.90 Å². The molecule has 2 aliphatic rings. The fourth-order valence-electron chi connectivity index (χ4n) is 3.11. The zero-order valence-corrected chi connectivity index (χ0v) is 10.8. The molecule has 3 N–H and O–H groups in total. The van der Waals surface area contributed by atoms with Gasteiger partial charge in [-0.3, -0.25) is 4.79 Å². The summed E-state index contributed by atoms with van der Waals surface area (Å²) in [6.45, 7) is 0.771. The van der Waals surface area contributed by atoms with Crippen LogP contribution in [0.2, 0.25) is 0 Å². The highest BCUT2D eigenvalue weighted by Crippen LogP contribution is 2.41. The third-order valence-electron chi connectivity index (χ3n) is 4.19. The van der Waals surface area contributed by atoms with Gasteiger partial charge in [-0.1, -0.05) is 25.1 Å². The van der Waals surface area contributed by atoms with E-state index in [-0.39, 0.29) is 18.6 Å². The lowest BCUT2D eigenvalue weighted by Crippen LogP contribution is -2.51. The Bertz CT molecular complexity index is 326. The van der Waals surface area contributed by atoms with Gasteiger partial charge < -0.3 is 15.7 Å². The average molecular weight is 256 g/mol. The van der Waals surface area contributed by atoms with Crippen molar-refractivity contribution in [3.05, 3.63) is 0 Å². The molecule has 17 heavy (non-hydrogen) atoms. The van der Waals surface area contributed by atoms with E-state index in [0.717, 1.165) is 45.1 Å². The zero-order chi connectivity index (χ0) is 12.5.